The van der Waals surface area contributed by atoms with E-state index in [-0.39, 0.29) is 24.7 Å². The van der Waals surface area contributed by atoms with Crippen LogP contribution in [0.15, 0.2) is 34.7 Å². The van der Waals surface area contributed by atoms with Crippen LogP contribution < -0.4 is 9.47 Å². The summed E-state index contributed by atoms with van der Waals surface area (Å²) in [6, 6.07) is 8.49. The Morgan fingerprint density at radius 1 is 1.07 bits per heavy atom. The van der Waals surface area contributed by atoms with Crippen LogP contribution in [-0.4, -0.2) is 37.5 Å². The van der Waals surface area contributed by atoms with E-state index in [4.69, 9.17) is 18.6 Å². The Kier molecular flexibility index (Phi) is 5.75. The van der Waals surface area contributed by atoms with Crippen molar-refractivity contribution < 1.29 is 33.6 Å². The summed E-state index contributed by atoms with van der Waals surface area (Å²) < 4.78 is 21.3. The molecule has 0 amide bonds. The number of benzene rings is 2. The Balaban J connectivity index is 2.14. The summed E-state index contributed by atoms with van der Waals surface area (Å²) >= 11 is 0. The first kappa shape index (κ1) is 19.6. The molecule has 1 aromatic heterocycles. The highest BCUT2D eigenvalue weighted by Gasteiger charge is 2.20. The van der Waals surface area contributed by atoms with Gasteiger partial charge in [0.25, 0.3) is 0 Å². The zero-order valence-corrected chi connectivity index (χ0v) is 15.9. The normalized spacial score (nSPS) is 10.9. The fourth-order valence-corrected chi connectivity index (χ4v) is 3.13. The molecule has 0 bridgehead atoms. The van der Waals surface area contributed by atoms with Gasteiger partial charge in [-0.25, -0.2) is 0 Å². The molecule has 2 aromatic carbocycles. The first-order chi connectivity index (χ1) is 13.5. The summed E-state index contributed by atoms with van der Waals surface area (Å²) in [4.78, 5) is 11.5. The maximum atomic E-state index is 11.5. The maximum Gasteiger partial charge on any atom is 0.305 e. The summed E-state index contributed by atoms with van der Waals surface area (Å²) in [6.45, 7) is -0.255. The van der Waals surface area contributed by atoms with Gasteiger partial charge in [-0.15, -0.1) is 0 Å². The topological polar surface area (TPSA) is 98.4 Å². The maximum absolute atomic E-state index is 11.5. The zero-order valence-electron chi connectivity index (χ0n) is 15.9. The van der Waals surface area contributed by atoms with Crippen LogP contribution in [0, 0.1) is 0 Å². The quantitative estimate of drug-likeness (QED) is 0.600. The zero-order chi connectivity index (χ0) is 20.3. The second-order valence-corrected chi connectivity index (χ2v) is 6.21. The van der Waals surface area contributed by atoms with Gasteiger partial charge in [0.1, 0.15) is 5.76 Å². The fourth-order valence-electron chi connectivity index (χ4n) is 3.13. The number of aryl methyl sites for hydroxylation is 1. The average molecular weight is 386 g/mol. The second-order valence-electron chi connectivity index (χ2n) is 6.21. The lowest BCUT2D eigenvalue weighted by Gasteiger charge is -2.06. The van der Waals surface area contributed by atoms with Crippen molar-refractivity contribution in [3.63, 3.8) is 0 Å². The van der Waals surface area contributed by atoms with Gasteiger partial charge in [-0.1, -0.05) is 0 Å². The van der Waals surface area contributed by atoms with Crippen molar-refractivity contribution in [2.75, 3.05) is 21.3 Å². The van der Waals surface area contributed by atoms with Crippen LogP contribution in [0.25, 0.3) is 22.3 Å². The number of aliphatic hydroxyl groups is 1. The summed E-state index contributed by atoms with van der Waals surface area (Å²) in [5.41, 5.74) is 2.59. The first-order valence-electron chi connectivity index (χ1n) is 8.69. The van der Waals surface area contributed by atoms with E-state index in [1.165, 1.54) is 27.4 Å². The van der Waals surface area contributed by atoms with Crippen LogP contribution in [0.2, 0.25) is 0 Å². The number of phenolic OH excluding ortho intramolecular Hbond substituents is 1. The average Bonchev–Trinajstić information content (AvgIpc) is 3.10. The number of phenols is 1. The van der Waals surface area contributed by atoms with E-state index < -0.39 is 0 Å². The van der Waals surface area contributed by atoms with Gasteiger partial charge < -0.3 is 28.8 Å². The highest BCUT2D eigenvalue weighted by atomic mass is 16.5. The van der Waals surface area contributed by atoms with E-state index in [9.17, 15) is 15.0 Å². The van der Waals surface area contributed by atoms with Crippen molar-refractivity contribution in [1.29, 1.82) is 0 Å². The third-order valence-electron chi connectivity index (χ3n) is 4.58. The van der Waals surface area contributed by atoms with Crippen LogP contribution in [0.4, 0.5) is 0 Å². The molecule has 0 aliphatic heterocycles. The molecule has 7 nitrogen and oxygen atoms in total. The number of furan rings is 1. The number of esters is 1. The summed E-state index contributed by atoms with van der Waals surface area (Å²) in [5.74, 6) is 0.969. The minimum Gasteiger partial charge on any atom is -0.504 e. The number of ether oxygens (including phenoxy) is 3. The molecule has 148 valence electrons. The molecule has 0 aliphatic carbocycles. The van der Waals surface area contributed by atoms with Crippen LogP contribution in [0.3, 0.4) is 0 Å². The van der Waals surface area contributed by atoms with Gasteiger partial charge in [0.15, 0.2) is 22.8 Å². The van der Waals surface area contributed by atoms with Gasteiger partial charge in [-0.2, -0.15) is 0 Å². The van der Waals surface area contributed by atoms with E-state index >= 15 is 0 Å². The van der Waals surface area contributed by atoms with Gasteiger partial charge in [0, 0.05) is 22.9 Å². The van der Waals surface area contributed by atoms with Crippen molar-refractivity contribution in [2.45, 2.75) is 19.4 Å². The molecule has 0 saturated carbocycles. The lowest BCUT2D eigenvalue weighted by Crippen LogP contribution is -2.02. The minimum absolute atomic E-state index is 0.00980. The number of fused-ring (bicyclic) bond motifs is 1. The Hall–Kier alpha value is -3.19. The molecule has 3 rings (SSSR count). The Labute approximate surface area is 162 Å². The van der Waals surface area contributed by atoms with Crippen LogP contribution in [0.1, 0.15) is 17.5 Å². The van der Waals surface area contributed by atoms with E-state index in [2.05, 4.69) is 0 Å². The molecule has 0 radical (unpaired) electrons. The molecule has 0 aliphatic rings. The van der Waals surface area contributed by atoms with Crippen LogP contribution >= 0.6 is 0 Å². The number of hydrogen-bond acceptors (Lipinski definition) is 7. The number of hydrogen-bond donors (Lipinski definition) is 2. The van der Waals surface area contributed by atoms with E-state index in [0.717, 1.165) is 5.56 Å². The van der Waals surface area contributed by atoms with Crippen LogP contribution in [0.5, 0.6) is 17.2 Å². The summed E-state index contributed by atoms with van der Waals surface area (Å²) in [7, 11) is 4.34. The molecule has 1 heterocycles. The Bertz CT molecular complexity index is 1000. The molecule has 0 spiro atoms. The second kappa shape index (κ2) is 8.22. The van der Waals surface area contributed by atoms with Gasteiger partial charge >= 0.3 is 5.97 Å². The third kappa shape index (κ3) is 3.61. The number of rotatable bonds is 7. The fraction of sp³-hybridized carbons (Fsp3) is 0.286. The molecule has 3 aromatic rings. The van der Waals surface area contributed by atoms with Gasteiger partial charge in [0.05, 0.1) is 27.9 Å². The van der Waals surface area contributed by atoms with Crippen molar-refractivity contribution >= 4 is 16.9 Å². The summed E-state index contributed by atoms with van der Waals surface area (Å²) in [6.07, 6.45) is 0.705. The van der Waals surface area contributed by atoms with Gasteiger partial charge in [0.2, 0.25) is 0 Å². The number of methoxy groups -OCH3 is 3. The molecule has 0 saturated heterocycles. The lowest BCUT2D eigenvalue weighted by atomic mass is 10.0. The molecular formula is C21H22O7. The monoisotopic (exact) mass is 386 g/mol. The van der Waals surface area contributed by atoms with Crippen molar-refractivity contribution in [1.82, 2.24) is 0 Å². The van der Waals surface area contributed by atoms with Crippen molar-refractivity contribution in [3.05, 3.63) is 41.5 Å². The minimum atomic E-state index is -0.300. The standard InChI is InChI=1S/C21H22O7/c1-25-17-10-13(5-6-16(17)23)20-15(11-22)14-8-12(4-7-19(24)27-3)9-18(26-2)21(14)28-20/h5-6,8-10,22-23H,4,7,11H2,1-3H3. The predicted molar refractivity (Wildman–Crippen MR) is 103 cm³/mol. The Morgan fingerprint density at radius 3 is 2.46 bits per heavy atom. The SMILES string of the molecule is COC(=O)CCc1cc(OC)c2oc(-c3ccc(O)c(OC)c3)c(CO)c2c1. The summed E-state index contributed by atoms with van der Waals surface area (Å²) in [5, 5.41) is 20.5. The first-order valence-corrected chi connectivity index (χ1v) is 8.69. The number of carbonyl (C=O) groups excluding carboxylic acids is 1. The lowest BCUT2D eigenvalue weighted by molar-refractivity contribution is -0.140. The largest absolute Gasteiger partial charge is 0.504 e. The molecule has 7 heteroatoms. The van der Waals surface area contributed by atoms with Gasteiger partial charge in [-0.3, -0.25) is 4.79 Å². The molecule has 0 fully saturated rings. The molecular weight excluding hydrogens is 364 g/mol. The van der Waals surface area contributed by atoms with Gasteiger partial charge in [-0.05, 0) is 42.3 Å². The van der Waals surface area contributed by atoms with E-state index in [0.29, 0.717) is 45.8 Å². The predicted octanol–water partition coefficient (Wildman–Crippen LogP) is 3.42. The number of carbonyl (C=O) groups is 1. The van der Waals surface area contributed by atoms with Crippen molar-refractivity contribution in [3.8, 4) is 28.6 Å². The highest BCUT2D eigenvalue weighted by molar-refractivity contribution is 5.92. The molecule has 2 N–H and O–H groups in total. The van der Waals surface area contributed by atoms with Crippen LogP contribution in [-0.2, 0) is 22.6 Å². The molecule has 28 heavy (non-hydrogen) atoms. The van der Waals surface area contributed by atoms with E-state index in [1.807, 2.05) is 6.07 Å². The Morgan fingerprint density at radius 2 is 1.82 bits per heavy atom. The van der Waals surface area contributed by atoms with E-state index in [1.54, 1.807) is 18.2 Å². The number of aliphatic hydroxyl groups excluding tert-OH is 1. The number of aromatic hydroxyl groups is 1. The smallest absolute Gasteiger partial charge is 0.305 e. The van der Waals surface area contributed by atoms with Crippen molar-refractivity contribution in [2.24, 2.45) is 0 Å². The molecule has 0 atom stereocenters. The third-order valence-corrected chi connectivity index (χ3v) is 4.58. The highest BCUT2D eigenvalue weighted by Crippen LogP contribution is 2.41. The molecule has 0 unspecified atom stereocenters.